The predicted octanol–water partition coefficient (Wildman–Crippen LogP) is 3.12. The Morgan fingerprint density at radius 3 is 1.80 bits per heavy atom. The summed E-state index contributed by atoms with van der Waals surface area (Å²) in [6.45, 7) is 6.32. The van der Waals surface area contributed by atoms with E-state index in [4.69, 9.17) is 5.26 Å². The molecular formula is C9H17N. The summed E-state index contributed by atoms with van der Waals surface area (Å²) in [7, 11) is 0. The molecule has 0 radical (unpaired) electrons. The minimum Gasteiger partial charge on any atom is -0.198 e. The van der Waals surface area contributed by atoms with Crippen molar-refractivity contribution in [2.45, 2.75) is 46.5 Å². The number of nitriles is 1. The fourth-order valence-corrected chi connectivity index (χ4v) is 1.34. The normalized spacial score (nSPS) is 11.0. The number of hydrogen-bond donors (Lipinski definition) is 0. The molecule has 0 aliphatic heterocycles. The van der Waals surface area contributed by atoms with Gasteiger partial charge >= 0.3 is 0 Å². The first kappa shape index (κ1) is 9.49. The highest BCUT2D eigenvalue weighted by Gasteiger charge is 2.20. The highest BCUT2D eigenvalue weighted by Crippen LogP contribution is 2.27. The third-order valence-corrected chi connectivity index (χ3v) is 1.87. The third-order valence-electron chi connectivity index (χ3n) is 1.87. The Bertz CT molecular complexity index is 115. The molecule has 0 fully saturated rings. The Balaban J connectivity index is 3.85. The maximum atomic E-state index is 8.80. The van der Waals surface area contributed by atoms with Crippen LogP contribution in [0.3, 0.4) is 0 Å². The van der Waals surface area contributed by atoms with Gasteiger partial charge in [-0.15, -0.1) is 0 Å². The van der Waals surface area contributed by atoms with Gasteiger partial charge in [0, 0.05) is 0 Å². The van der Waals surface area contributed by atoms with E-state index in [1.165, 1.54) is 0 Å². The van der Waals surface area contributed by atoms with Gasteiger partial charge in [0.25, 0.3) is 0 Å². The summed E-state index contributed by atoms with van der Waals surface area (Å²) in [5.41, 5.74) is -0.0521. The van der Waals surface area contributed by atoms with Crippen LogP contribution in [0, 0.1) is 16.7 Å². The summed E-state index contributed by atoms with van der Waals surface area (Å²) in [6.07, 6.45) is 4.31. The molecule has 0 heterocycles. The molecule has 0 unspecified atom stereocenters. The Labute approximate surface area is 64.1 Å². The second-order valence-electron chi connectivity index (χ2n) is 3.17. The molecule has 1 nitrogen and oxygen atoms in total. The molecule has 0 saturated heterocycles. The van der Waals surface area contributed by atoms with Crippen LogP contribution in [-0.2, 0) is 0 Å². The number of hydrogen-bond acceptors (Lipinski definition) is 1. The molecule has 0 atom stereocenters. The van der Waals surface area contributed by atoms with E-state index in [0.29, 0.717) is 0 Å². The third kappa shape index (κ3) is 2.87. The van der Waals surface area contributed by atoms with Crippen molar-refractivity contribution in [3.05, 3.63) is 0 Å². The van der Waals surface area contributed by atoms with E-state index in [0.717, 1.165) is 25.7 Å². The minimum absolute atomic E-state index is 0.0521. The monoisotopic (exact) mass is 139 g/mol. The maximum absolute atomic E-state index is 8.80. The van der Waals surface area contributed by atoms with E-state index in [2.05, 4.69) is 26.8 Å². The lowest BCUT2D eigenvalue weighted by Gasteiger charge is -2.18. The van der Waals surface area contributed by atoms with Crippen LogP contribution in [0.25, 0.3) is 0 Å². The molecule has 0 aromatic rings. The lowest BCUT2D eigenvalue weighted by atomic mass is 9.83. The van der Waals surface area contributed by atoms with Crippen molar-refractivity contribution in [1.29, 1.82) is 5.26 Å². The molecule has 1 heteroatoms. The standard InChI is InChI=1S/C9H17N/c1-4-6-9(3,8-10)7-5-2/h4-7H2,1-3H3. The molecule has 10 heavy (non-hydrogen) atoms. The average molecular weight is 139 g/mol. The van der Waals surface area contributed by atoms with Gasteiger partial charge in [-0.05, 0) is 19.8 Å². The first-order valence-electron chi connectivity index (χ1n) is 4.09. The van der Waals surface area contributed by atoms with Gasteiger partial charge < -0.3 is 0 Å². The fraction of sp³-hybridized carbons (Fsp3) is 0.889. The summed E-state index contributed by atoms with van der Waals surface area (Å²) in [5.74, 6) is 0. The van der Waals surface area contributed by atoms with E-state index < -0.39 is 0 Å². The van der Waals surface area contributed by atoms with Gasteiger partial charge in [-0.1, -0.05) is 26.7 Å². The van der Waals surface area contributed by atoms with Gasteiger partial charge in [0.15, 0.2) is 0 Å². The zero-order valence-electron chi connectivity index (χ0n) is 7.28. The van der Waals surface area contributed by atoms with E-state index >= 15 is 0 Å². The van der Waals surface area contributed by atoms with Crippen LogP contribution in [0.4, 0.5) is 0 Å². The quantitative estimate of drug-likeness (QED) is 0.587. The molecule has 0 aromatic carbocycles. The number of rotatable bonds is 4. The van der Waals surface area contributed by atoms with Gasteiger partial charge in [-0.3, -0.25) is 0 Å². The topological polar surface area (TPSA) is 23.8 Å². The molecule has 0 aromatic heterocycles. The van der Waals surface area contributed by atoms with Crippen LogP contribution in [0.15, 0.2) is 0 Å². The van der Waals surface area contributed by atoms with Crippen molar-refractivity contribution in [2.75, 3.05) is 0 Å². The summed E-state index contributed by atoms with van der Waals surface area (Å²) >= 11 is 0. The molecule has 0 amide bonds. The Kier molecular flexibility index (Phi) is 4.11. The highest BCUT2D eigenvalue weighted by atomic mass is 14.3. The van der Waals surface area contributed by atoms with Crippen LogP contribution < -0.4 is 0 Å². The first-order chi connectivity index (χ1) is 4.68. The second kappa shape index (κ2) is 4.33. The molecule has 0 N–H and O–H groups in total. The molecule has 0 spiro atoms. The first-order valence-corrected chi connectivity index (χ1v) is 4.09. The van der Waals surface area contributed by atoms with Gasteiger partial charge in [0.2, 0.25) is 0 Å². The van der Waals surface area contributed by atoms with Crippen molar-refractivity contribution in [3.8, 4) is 6.07 Å². The lowest BCUT2D eigenvalue weighted by Crippen LogP contribution is -2.12. The molecule has 0 aliphatic carbocycles. The average Bonchev–Trinajstić information content (AvgIpc) is 1.89. The van der Waals surface area contributed by atoms with Crippen molar-refractivity contribution in [1.82, 2.24) is 0 Å². The molecule has 0 aliphatic rings. The van der Waals surface area contributed by atoms with E-state index in [1.807, 2.05) is 0 Å². The summed E-state index contributed by atoms with van der Waals surface area (Å²) in [4.78, 5) is 0. The van der Waals surface area contributed by atoms with Crippen molar-refractivity contribution in [3.63, 3.8) is 0 Å². The second-order valence-corrected chi connectivity index (χ2v) is 3.17. The van der Waals surface area contributed by atoms with Crippen LogP contribution in [0.2, 0.25) is 0 Å². The van der Waals surface area contributed by atoms with Gasteiger partial charge in [0.05, 0.1) is 11.5 Å². The van der Waals surface area contributed by atoms with Crippen LogP contribution >= 0.6 is 0 Å². The molecular weight excluding hydrogens is 122 g/mol. The fourth-order valence-electron chi connectivity index (χ4n) is 1.34. The minimum atomic E-state index is -0.0521. The zero-order valence-corrected chi connectivity index (χ0v) is 7.28. The summed E-state index contributed by atoms with van der Waals surface area (Å²) in [5, 5.41) is 8.80. The lowest BCUT2D eigenvalue weighted by molar-refractivity contribution is 0.365. The van der Waals surface area contributed by atoms with Gasteiger partial charge in [0.1, 0.15) is 0 Å². The molecule has 0 saturated carbocycles. The highest BCUT2D eigenvalue weighted by molar-refractivity contribution is 4.94. The Morgan fingerprint density at radius 1 is 1.20 bits per heavy atom. The smallest absolute Gasteiger partial charge is 0.0686 e. The van der Waals surface area contributed by atoms with Crippen molar-refractivity contribution in [2.24, 2.45) is 5.41 Å². The van der Waals surface area contributed by atoms with Gasteiger partial charge in [-0.2, -0.15) is 5.26 Å². The summed E-state index contributed by atoms with van der Waals surface area (Å²) < 4.78 is 0. The van der Waals surface area contributed by atoms with Crippen molar-refractivity contribution < 1.29 is 0 Å². The van der Waals surface area contributed by atoms with E-state index in [9.17, 15) is 0 Å². The largest absolute Gasteiger partial charge is 0.198 e. The van der Waals surface area contributed by atoms with E-state index in [-0.39, 0.29) is 5.41 Å². The Hall–Kier alpha value is -0.510. The van der Waals surface area contributed by atoms with Crippen LogP contribution in [-0.4, -0.2) is 0 Å². The Morgan fingerprint density at radius 2 is 1.60 bits per heavy atom. The van der Waals surface area contributed by atoms with Crippen molar-refractivity contribution >= 4 is 0 Å². The maximum Gasteiger partial charge on any atom is 0.0686 e. The summed E-state index contributed by atoms with van der Waals surface area (Å²) in [6, 6.07) is 2.38. The molecule has 58 valence electrons. The molecule has 0 rings (SSSR count). The SMILES string of the molecule is CCCC(C)(C#N)CCC. The van der Waals surface area contributed by atoms with E-state index in [1.54, 1.807) is 0 Å². The molecule has 0 bridgehead atoms. The van der Waals surface area contributed by atoms with Crippen LogP contribution in [0.5, 0.6) is 0 Å². The predicted molar refractivity (Wildman–Crippen MR) is 43.5 cm³/mol. The zero-order chi connectivity index (χ0) is 8.04. The van der Waals surface area contributed by atoms with Gasteiger partial charge in [-0.25, -0.2) is 0 Å². The van der Waals surface area contributed by atoms with Crippen LogP contribution in [0.1, 0.15) is 46.5 Å². The number of nitrogens with zero attached hydrogens (tertiary/aromatic N) is 1.